The third-order valence-electron chi connectivity index (χ3n) is 4.04. The molecule has 0 saturated heterocycles. The lowest BCUT2D eigenvalue weighted by molar-refractivity contribution is 0.312. The van der Waals surface area contributed by atoms with E-state index >= 15 is 0 Å². The van der Waals surface area contributed by atoms with Gasteiger partial charge in [-0.25, -0.2) is 4.98 Å². The van der Waals surface area contributed by atoms with Crippen molar-refractivity contribution in [1.29, 1.82) is 0 Å². The van der Waals surface area contributed by atoms with Crippen molar-refractivity contribution >= 4 is 33.5 Å². The Morgan fingerprint density at radius 2 is 2.18 bits per heavy atom. The Bertz CT molecular complexity index is 593. The van der Waals surface area contributed by atoms with Crippen LogP contribution in [-0.2, 0) is 0 Å². The second-order valence-electron chi connectivity index (χ2n) is 5.84. The zero-order chi connectivity index (χ0) is 15.2. The first-order chi connectivity index (χ1) is 10.9. The van der Waals surface area contributed by atoms with Crippen molar-refractivity contribution in [2.45, 2.75) is 62.3 Å². The maximum atomic E-state index is 5.88. The molecular weight excluding hydrogens is 312 g/mol. The molecule has 1 aromatic heterocycles. The molecule has 1 aliphatic carbocycles. The van der Waals surface area contributed by atoms with Crippen LogP contribution in [0.3, 0.4) is 0 Å². The molecule has 0 unspecified atom stereocenters. The summed E-state index contributed by atoms with van der Waals surface area (Å²) in [5, 5.41) is 0. The second kappa shape index (κ2) is 8.18. The molecule has 1 saturated carbocycles. The average molecular weight is 337 g/mol. The molecule has 5 heteroatoms. The van der Waals surface area contributed by atoms with E-state index in [1.807, 2.05) is 6.07 Å². The van der Waals surface area contributed by atoms with E-state index < -0.39 is 0 Å². The number of aromatic nitrogens is 1. The monoisotopic (exact) mass is 336 g/mol. The number of thiazole rings is 1. The Morgan fingerprint density at radius 1 is 1.32 bits per heavy atom. The summed E-state index contributed by atoms with van der Waals surface area (Å²) >= 11 is 3.44. The number of ether oxygens (including phenoxy) is 1. The number of hydrogen-bond acceptors (Lipinski definition) is 5. The Balaban J connectivity index is 1.65. The number of unbranched alkanes of at least 4 members (excludes halogenated alkanes) is 1. The van der Waals surface area contributed by atoms with E-state index in [2.05, 4.69) is 23.8 Å². The van der Waals surface area contributed by atoms with E-state index in [4.69, 9.17) is 9.72 Å². The zero-order valence-electron chi connectivity index (χ0n) is 13.1. The van der Waals surface area contributed by atoms with Gasteiger partial charge in [0, 0.05) is 6.04 Å². The van der Waals surface area contributed by atoms with Crippen LogP contribution < -0.4 is 9.46 Å². The average Bonchev–Trinajstić information content (AvgIpc) is 2.98. The Labute approximate surface area is 141 Å². The molecule has 0 bridgehead atoms. The quantitative estimate of drug-likeness (QED) is 0.542. The van der Waals surface area contributed by atoms with Crippen molar-refractivity contribution in [1.82, 2.24) is 9.71 Å². The molecule has 1 fully saturated rings. The van der Waals surface area contributed by atoms with Gasteiger partial charge in [0.15, 0.2) is 4.34 Å². The molecule has 1 aliphatic rings. The first-order valence-electron chi connectivity index (χ1n) is 8.31. The number of fused-ring (bicyclic) bond motifs is 1. The Kier molecular flexibility index (Phi) is 5.98. The van der Waals surface area contributed by atoms with E-state index in [0.717, 1.165) is 35.1 Å². The minimum absolute atomic E-state index is 0.644. The molecule has 0 aliphatic heterocycles. The molecule has 120 valence electrons. The third-order valence-corrected chi connectivity index (χ3v) is 6.07. The van der Waals surface area contributed by atoms with E-state index in [1.54, 1.807) is 23.3 Å². The van der Waals surface area contributed by atoms with Crippen molar-refractivity contribution in [2.75, 3.05) is 6.61 Å². The van der Waals surface area contributed by atoms with Gasteiger partial charge >= 0.3 is 0 Å². The normalized spacial score (nSPS) is 16.2. The molecule has 1 heterocycles. The molecule has 22 heavy (non-hydrogen) atoms. The maximum absolute atomic E-state index is 5.88. The molecule has 0 spiro atoms. The first kappa shape index (κ1) is 16.1. The molecule has 3 rings (SSSR count). The number of nitrogens with zero attached hydrogens (tertiary/aromatic N) is 1. The summed E-state index contributed by atoms with van der Waals surface area (Å²) in [7, 11) is 0. The summed E-state index contributed by atoms with van der Waals surface area (Å²) in [5.74, 6) is 0.923. The summed E-state index contributed by atoms with van der Waals surface area (Å²) in [5.41, 5.74) is 1.01. The van der Waals surface area contributed by atoms with Gasteiger partial charge in [0.25, 0.3) is 0 Å². The van der Waals surface area contributed by atoms with Crippen LogP contribution in [0.1, 0.15) is 51.9 Å². The maximum Gasteiger partial charge on any atom is 0.166 e. The number of benzene rings is 1. The summed E-state index contributed by atoms with van der Waals surface area (Å²) in [6.07, 6.45) is 8.93. The van der Waals surface area contributed by atoms with Crippen LogP contribution in [0.4, 0.5) is 0 Å². The lowest BCUT2D eigenvalue weighted by atomic mass is 9.96. The van der Waals surface area contributed by atoms with Gasteiger partial charge in [-0.2, -0.15) is 0 Å². The molecule has 3 nitrogen and oxygen atoms in total. The fraction of sp³-hybridized carbons (Fsp3) is 0.588. The van der Waals surface area contributed by atoms with Gasteiger partial charge in [-0.15, -0.1) is 11.3 Å². The highest BCUT2D eigenvalue weighted by molar-refractivity contribution is 7.99. The van der Waals surface area contributed by atoms with E-state index in [0.29, 0.717) is 6.04 Å². The van der Waals surface area contributed by atoms with Crippen molar-refractivity contribution in [3.8, 4) is 5.75 Å². The van der Waals surface area contributed by atoms with Gasteiger partial charge in [-0.3, -0.25) is 4.72 Å². The van der Waals surface area contributed by atoms with Crippen LogP contribution in [-0.4, -0.2) is 17.6 Å². The molecule has 2 aromatic rings. The van der Waals surface area contributed by atoms with Crippen LogP contribution >= 0.6 is 23.3 Å². The summed E-state index contributed by atoms with van der Waals surface area (Å²) in [4.78, 5) is 4.77. The second-order valence-corrected chi connectivity index (χ2v) is 7.96. The molecular formula is C17H24N2OS2. The van der Waals surface area contributed by atoms with Crippen LogP contribution in [0.25, 0.3) is 10.2 Å². The SMILES string of the molecule is CCCCOc1cccc2sc(SNC3CCCCC3)nc12. The van der Waals surface area contributed by atoms with Crippen molar-refractivity contribution in [2.24, 2.45) is 0 Å². The fourth-order valence-corrected chi connectivity index (χ4v) is 4.68. The first-order valence-corrected chi connectivity index (χ1v) is 9.95. The smallest absolute Gasteiger partial charge is 0.166 e. The van der Waals surface area contributed by atoms with Gasteiger partial charge in [-0.1, -0.05) is 38.7 Å². The predicted molar refractivity (Wildman–Crippen MR) is 95.9 cm³/mol. The number of para-hydroxylation sites is 1. The van der Waals surface area contributed by atoms with Gasteiger partial charge in [0.2, 0.25) is 0 Å². The standard InChI is InChI=1S/C17H24N2OS2/c1-2-3-12-20-14-10-7-11-15-16(14)18-17(21-15)22-19-13-8-5-4-6-9-13/h7,10-11,13,19H,2-6,8-9,12H2,1H3. The van der Waals surface area contributed by atoms with Crippen molar-refractivity contribution < 1.29 is 4.74 Å². The summed E-state index contributed by atoms with van der Waals surface area (Å²) in [6, 6.07) is 6.86. The highest BCUT2D eigenvalue weighted by Crippen LogP contribution is 2.34. The third kappa shape index (κ3) is 4.15. The Hall–Kier alpha value is -0.780. The Morgan fingerprint density at radius 3 is 3.00 bits per heavy atom. The van der Waals surface area contributed by atoms with Crippen LogP contribution in [0.15, 0.2) is 22.5 Å². The van der Waals surface area contributed by atoms with Gasteiger partial charge in [0.05, 0.1) is 11.3 Å². The predicted octanol–water partition coefficient (Wildman–Crippen LogP) is 5.40. The van der Waals surface area contributed by atoms with E-state index in [1.165, 1.54) is 36.8 Å². The van der Waals surface area contributed by atoms with Crippen LogP contribution in [0.5, 0.6) is 5.75 Å². The van der Waals surface area contributed by atoms with Crippen molar-refractivity contribution in [3.63, 3.8) is 0 Å². The number of nitrogens with one attached hydrogen (secondary N) is 1. The zero-order valence-corrected chi connectivity index (χ0v) is 14.8. The lowest BCUT2D eigenvalue weighted by Crippen LogP contribution is -2.25. The summed E-state index contributed by atoms with van der Waals surface area (Å²) in [6.45, 7) is 2.95. The van der Waals surface area contributed by atoms with Gasteiger partial charge < -0.3 is 4.74 Å². The highest BCUT2D eigenvalue weighted by Gasteiger charge is 2.15. The largest absolute Gasteiger partial charge is 0.491 e. The molecule has 1 N–H and O–H groups in total. The molecule has 0 radical (unpaired) electrons. The van der Waals surface area contributed by atoms with Gasteiger partial charge in [-0.05, 0) is 43.3 Å². The number of rotatable bonds is 7. The lowest BCUT2D eigenvalue weighted by Gasteiger charge is -2.21. The molecule has 1 aromatic carbocycles. The minimum Gasteiger partial charge on any atom is -0.491 e. The fourth-order valence-electron chi connectivity index (χ4n) is 2.74. The highest BCUT2D eigenvalue weighted by atomic mass is 32.2. The van der Waals surface area contributed by atoms with Crippen LogP contribution in [0.2, 0.25) is 0 Å². The van der Waals surface area contributed by atoms with Crippen molar-refractivity contribution in [3.05, 3.63) is 18.2 Å². The van der Waals surface area contributed by atoms with E-state index in [-0.39, 0.29) is 0 Å². The molecule has 0 amide bonds. The minimum atomic E-state index is 0.644. The topological polar surface area (TPSA) is 34.1 Å². The molecule has 0 atom stereocenters. The summed E-state index contributed by atoms with van der Waals surface area (Å²) < 4.78 is 11.8. The van der Waals surface area contributed by atoms with Crippen LogP contribution in [0, 0.1) is 0 Å². The van der Waals surface area contributed by atoms with E-state index in [9.17, 15) is 0 Å². The van der Waals surface area contributed by atoms with Gasteiger partial charge in [0.1, 0.15) is 11.3 Å². The number of hydrogen-bond donors (Lipinski definition) is 1.